The molecule has 2 aliphatic rings. The van der Waals surface area contributed by atoms with Crippen LogP contribution in [0.2, 0.25) is 0 Å². The topological polar surface area (TPSA) is 67.7 Å². The van der Waals surface area contributed by atoms with Gasteiger partial charge in [0.05, 0.1) is 11.9 Å². The lowest BCUT2D eigenvalue weighted by molar-refractivity contribution is 0.494. The molecule has 6 nitrogen and oxygen atoms in total. The van der Waals surface area contributed by atoms with Gasteiger partial charge in [0, 0.05) is 13.6 Å². The van der Waals surface area contributed by atoms with E-state index in [4.69, 9.17) is 0 Å². The van der Waals surface area contributed by atoms with Crippen LogP contribution in [-0.4, -0.2) is 39.6 Å². The van der Waals surface area contributed by atoms with Crippen LogP contribution in [0.5, 0.6) is 0 Å². The van der Waals surface area contributed by atoms with Crippen molar-refractivity contribution < 1.29 is 0 Å². The number of nitrogens with one attached hydrogen (secondary N) is 2. The zero-order chi connectivity index (χ0) is 15.8. The summed E-state index contributed by atoms with van der Waals surface area (Å²) in [7, 11) is 1.93. The van der Waals surface area contributed by atoms with Crippen LogP contribution in [0.4, 0.5) is 5.82 Å². The standard InChI is InChI=1S/C17H24N6.2ClH/c1-11-7-20-23(2)17(11)15-3-4-16(22-21-15)19-8-12-5-13-9-18-10-14(13)6-12;;/h3-4,7,12-14,18H,5-6,8-10H2,1-2H3,(H,19,22);2*1H/t12-,13+,14-;;. The number of nitrogens with zero attached hydrogens (tertiary/aromatic N) is 4. The summed E-state index contributed by atoms with van der Waals surface area (Å²) in [5.41, 5.74) is 3.02. The van der Waals surface area contributed by atoms with E-state index in [9.17, 15) is 0 Å². The zero-order valence-electron chi connectivity index (χ0n) is 14.6. The molecule has 3 atom stereocenters. The number of fused-ring (bicyclic) bond motifs is 1. The maximum absolute atomic E-state index is 4.36. The van der Waals surface area contributed by atoms with Crippen molar-refractivity contribution in [3.8, 4) is 11.4 Å². The Balaban J connectivity index is 0.00000113. The summed E-state index contributed by atoms with van der Waals surface area (Å²) < 4.78 is 1.85. The van der Waals surface area contributed by atoms with E-state index in [1.54, 1.807) is 0 Å². The van der Waals surface area contributed by atoms with E-state index in [1.165, 1.54) is 25.9 Å². The van der Waals surface area contributed by atoms with Crippen molar-refractivity contribution in [2.24, 2.45) is 24.8 Å². The van der Waals surface area contributed by atoms with Gasteiger partial charge in [-0.2, -0.15) is 5.10 Å². The first kappa shape index (κ1) is 19.9. The van der Waals surface area contributed by atoms with Crippen LogP contribution < -0.4 is 10.6 Å². The van der Waals surface area contributed by atoms with Gasteiger partial charge in [-0.1, -0.05) is 0 Å². The Morgan fingerprint density at radius 3 is 2.44 bits per heavy atom. The monoisotopic (exact) mass is 384 g/mol. The van der Waals surface area contributed by atoms with E-state index in [-0.39, 0.29) is 24.8 Å². The van der Waals surface area contributed by atoms with Crippen molar-refractivity contribution in [3.05, 3.63) is 23.9 Å². The Morgan fingerprint density at radius 2 is 1.88 bits per heavy atom. The lowest BCUT2D eigenvalue weighted by Gasteiger charge is -2.13. The first-order valence-electron chi connectivity index (χ1n) is 8.48. The SMILES string of the molecule is Cc1cnn(C)c1-c1ccc(NC[C@@H]2C[C@H]3CNC[C@H]3C2)nn1.Cl.Cl. The molecule has 0 aromatic carbocycles. The molecule has 8 heteroatoms. The molecule has 0 amide bonds. The third-order valence-corrected chi connectivity index (χ3v) is 5.35. The molecule has 1 aliphatic heterocycles. The fourth-order valence-corrected chi connectivity index (χ4v) is 4.18. The molecular weight excluding hydrogens is 359 g/mol. The number of aromatic nitrogens is 4. The van der Waals surface area contributed by atoms with Crippen LogP contribution in [0.15, 0.2) is 18.3 Å². The fraction of sp³-hybridized carbons (Fsp3) is 0.588. The van der Waals surface area contributed by atoms with Crippen molar-refractivity contribution in [1.82, 2.24) is 25.3 Å². The van der Waals surface area contributed by atoms with Crippen molar-refractivity contribution in [2.45, 2.75) is 19.8 Å². The average molecular weight is 385 g/mol. The lowest BCUT2D eigenvalue weighted by atomic mass is 10.0. The predicted octanol–water partition coefficient (Wildman–Crippen LogP) is 2.69. The van der Waals surface area contributed by atoms with Gasteiger partial charge in [0.15, 0.2) is 0 Å². The maximum Gasteiger partial charge on any atom is 0.148 e. The zero-order valence-corrected chi connectivity index (χ0v) is 16.2. The minimum absolute atomic E-state index is 0. The molecule has 0 radical (unpaired) electrons. The summed E-state index contributed by atoms with van der Waals surface area (Å²) in [6.45, 7) is 5.47. The third kappa shape index (κ3) is 4.07. The Hall–Kier alpha value is -1.37. The van der Waals surface area contributed by atoms with Crippen LogP contribution in [0.1, 0.15) is 18.4 Å². The molecule has 0 bridgehead atoms. The van der Waals surface area contributed by atoms with Crippen LogP contribution in [-0.2, 0) is 7.05 Å². The van der Waals surface area contributed by atoms with Gasteiger partial charge in [-0.15, -0.1) is 35.0 Å². The number of halogens is 2. The molecule has 0 unspecified atom stereocenters. The van der Waals surface area contributed by atoms with Crippen LogP contribution in [0.3, 0.4) is 0 Å². The van der Waals surface area contributed by atoms with Gasteiger partial charge in [-0.25, -0.2) is 0 Å². The summed E-state index contributed by atoms with van der Waals surface area (Å²) in [5.74, 6) is 3.42. The molecule has 2 aromatic rings. The highest BCUT2D eigenvalue weighted by atomic mass is 35.5. The minimum atomic E-state index is 0. The van der Waals surface area contributed by atoms with Gasteiger partial charge < -0.3 is 10.6 Å². The van der Waals surface area contributed by atoms with Gasteiger partial charge in [0.25, 0.3) is 0 Å². The van der Waals surface area contributed by atoms with Crippen molar-refractivity contribution >= 4 is 30.6 Å². The smallest absolute Gasteiger partial charge is 0.148 e. The van der Waals surface area contributed by atoms with Crippen LogP contribution in [0.25, 0.3) is 11.4 Å². The van der Waals surface area contributed by atoms with E-state index in [0.717, 1.165) is 47.1 Å². The third-order valence-electron chi connectivity index (χ3n) is 5.35. The summed E-state index contributed by atoms with van der Waals surface area (Å²) >= 11 is 0. The Bertz CT molecular complexity index is 655. The average Bonchev–Trinajstić information content (AvgIpc) is 3.21. The molecule has 0 spiro atoms. The molecule has 2 aromatic heterocycles. The molecule has 2 fully saturated rings. The molecule has 4 rings (SSSR count). The lowest BCUT2D eigenvalue weighted by Crippen LogP contribution is -2.17. The van der Waals surface area contributed by atoms with E-state index >= 15 is 0 Å². The molecule has 3 heterocycles. The Labute approximate surface area is 161 Å². The fourth-order valence-electron chi connectivity index (χ4n) is 4.18. The first-order chi connectivity index (χ1) is 11.2. The Kier molecular flexibility index (Phi) is 6.65. The second kappa shape index (κ2) is 8.34. The number of hydrogen-bond acceptors (Lipinski definition) is 5. The molecule has 2 N–H and O–H groups in total. The van der Waals surface area contributed by atoms with Gasteiger partial charge in [-0.05, 0) is 68.3 Å². The van der Waals surface area contributed by atoms with Crippen LogP contribution in [0, 0.1) is 24.7 Å². The quantitative estimate of drug-likeness (QED) is 0.847. The van der Waals surface area contributed by atoms with E-state index in [0.29, 0.717) is 0 Å². The normalized spacial score (nSPS) is 24.3. The summed E-state index contributed by atoms with van der Waals surface area (Å²) in [6, 6.07) is 4.04. The predicted molar refractivity (Wildman–Crippen MR) is 105 cm³/mol. The first-order valence-corrected chi connectivity index (χ1v) is 8.48. The van der Waals surface area contributed by atoms with E-state index in [2.05, 4.69) is 25.9 Å². The number of aryl methyl sites for hydroxylation is 2. The van der Waals surface area contributed by atoms with Gasteiger partial charge in [0.2, 0.25) is 0 Å². The number of hydrogen-bond donors (Lipinski definition) is 2. The highest BCUT2D eigenvalue weighted by Crippen LogP contribution is 2.38. The largest absolute Gasteiger partial charge is 0.368 e. The second-order valence-electron chi connectivity index (χ2n) is 7.00. The van der Waals surface area contributed by atoms with E-state index < -0.39 is 0 Å². The summed E-state index contributed by atoms with van der Waals surface area (Å²) in [6.07, 6.45) is 4.53. The maximum atomic E-state index is 4.36. The molecule has 1 saturated heterocycles. The highest BCUT2D eigenvalue weighted by Gasteiger charge is 2.36. The van der Waals surface area contributed by atoms with Crippen molar-refractivity contribution in [1.29, 1.82) is 0 Å². The van der Waals surface area contributed by atoms with Crippen molar-refractivity contribution in [3.63, 3.8) is 0 Å². The molecule has 138 valence electrons. The molecular formula is C17H26Cl2N6. The summed E-state index contributed by atoms with van der Waals surface area (Å²) in [4.78, 5) is 0. The van der Waals surface area contributed by atoms with Gasteiger partial charge in [-0.3, -0.25) is 4.68 Å². The summed E-state index contributed by atoms with van der Waals surface area (Å²) in [5, 5.41) is 19.9. The number of rotatable bonds is 4. The van der Waals surface area contributed by atoms with Gasteiger partial charge in [0.1, 0.15) is 11.5 Å². The highest BCUT2D eigenvalue weighted by molar-refractivity contribution is 5.85. The molecule has 1 aliphatic carbocycles. The minimum Gasteiger partial charge on any atom is -0.368 e. The van der Waals surface area contributed by atoms with Crippen molar-refractivity contribution in [2.75, 3.05) is 25.0 Å². The Morgan fingerprint density at radius 1 is 1.16 bits per heavy atom. The van der Waals surface area contributed by atoms with Gasteiger partial charge >= 0.3 is 0 Å². The molecule has 25 heavy (non-hydrogen) atoms. The second-order valence-corrected chi connectivity index (χ2v) is 7.00. The van der Waals surface area contributed by atoms with E-state index in [1.807, 2.05) is 37.0 Å². The van der Waals surface area contributed by atoms with Crippen LogP contribution >= 0.6 is 24.8 Å². The number of anilines is 1. The molecule has 1 saturated carbocycles.